The van der Waals surface area contributed by atoms with Crippen molar-refractivity contribution in [3.8, 4) is 5.75 Å². The molecule has 0 N–H and O–H groups in total. The van der Waals surface area contributed by atoms with E-state index < -0.39 is 11.1 Å². The Balaban J connectivity index is 1.50. The molecule has 1 heterocycles. The molecule has 11 heteroatoms. The molecule has 0 aromatic heterocycles. The van der Waals surface area contributed by atoms with E-state index in [1.54, 1.807) is 54.6 Å². The smallest absolute Gasteiger partial charge is 0.293 e. The highest BCUT2D eigenvalue weighted by Crippen LogP contribution is 2.38. The summed E-state index contributed by atoms with van der Waals surface area (Å²) in [5, 5.41) is 1.79. The lowest BCUT2D eigenvalue weighted by Gasteiger charge is -2.13. The molecule has 0 spiro atoms. The van der Waals surface area contributed by atoms with Gasteiger partial charge in [0.05, 0.1) is 31.5 Å². The number of hydrogen-bond acceptors (Lipinski definition) is 4. The number of amides is 2. The van der Waals surface area contributed by atoms with Crippen molar-refractivity contribution in [3.05, 3.63) is 100 Å². The van der Waals surface area contributed by atoms with Gasteiger partial charge in [-0.3, -0.25) is 14.5 Å². The molecule has 3 aromatic carbocycles. The summed E-state index contributed by atoms with van der Waals surface area (Å²) < 4.78 is 5.77. The van der Waals surface area contributed by atoms with Gasteiger partial charge in [0.15, 0.2) is 5.75 Å². The SMILES string of the molecule is O=C1S/C(=C\c2cc(Cl)c(OCc3ccc(Cl)cc3Cl)c(Cl)c2)C(=O)N1Cc1ccc(Cl)c(Cl)c1. The number of hydrogen-bond donors (Lipinski definition) is 0. The minimum atomic E-state index is -0.434. The second kappa shape index (κ2) is 11.2. The molecule has 3 aromatic rings. The Morgan fingerprint density at radius 3 is 2.17 bits per heavy atom. The molecule has 0 aliphatic carbocycles. The zero-order chi connectivity index (χ0) is 25.3. The van der Waals surface area contributed by atoms with Gasteiger partial charge in [0.2, 0.25) is 0 Å². The van der Waals surface area contributed by atoms with Crippen molar-refractivity contribution in [1.29, 1.82) is 0 Å². The molecule has 4 rings (SSSR count). The van der Waals surface area contributed by atoms with Crippen LogP contribution in [0.2, 0.25) is 30.1 Å². The van der Waals surface area contributed by atoms with Crippen molar-refractivity contribution in [3.63, 3.8) is 0 Å². The number of halogens is 6. The Morgan fingerprint density at radius 2 is 1.51 bits per heavy atom. The average Bonchev–Trinajstić information content (AvgIpc) is 3.04. The fraction of sp³-hybridized carbons (Fsp3) is 0.0833. The van der Waals surface area contributed by atoms with Crippen molar-refractivity contribution in [2.45, 2.75) is 13.2 Å². The molecule has 1 saturated heterocycles. The van der Waals surface area contributed by atoms with Crippen LogP contribution >= 0.6 is 81.4 Å². The Kier molecular flexibility index (Phi) is 8.49. The van der Waals surface area contributed by atoms with Gasteiger partial charge in [0.1, 0.15) is 6.61 Å². The van der Waals surface area contributed by atoms with E-state index in [2.05, 4.69) is 0 Å². The first-order chi connectivity index (χ1) is 16.6. The molecule has 35 heavy (non-hydrogen) atoms. The standard InChI is InChI=1S/C24H13Cl6NO3S/c25-15-3-2-14(17(27)9-15)11-34-22-19(29)6-13(7-20(22)30)8-21-23(32)31(24(33)35-21)10-12-1-4-16(26)18(28)5-12/h1-9H,10-11H2/b21-8-. The van der Waals surface area contributed by atoms with E-state index in [9.17, 15) is 9.59 Å². The van der Waals surface area contributed by atoms with Crippen LogP contribution in [0, 0.1) is 0 Å². The molecule has 0 bridgehead atoms. The molecule has 4 nitrogen and oxygen atoms in total. The van der Waals surface area contributed by atoms with Crippen LogP contribution in [-0.2, 0) is 17.9 Å². The van der Waals surface area contributed by atoms with Crippen LogP contribution in [0.1, 0.15) is 16.7 Å². The predicted molar refractivity (Wildman–Crippen MR) is 145 cm³/mol. The average molecular weight is 608 g/mol. The summed E-state index contributed by atoms with van der Waals surface area (Å²) in [4.78, 5) is 26.7. The van der Waals surface area contributed by atoms with Crippen molar-refractivity contribution in [2.24, 2.45) is 0 Å². The summed E-state index contributed by atoms with van der Waals surface area (Å²) in [6, 6.07) is 13.2. The first-order valence-electron chi connectivity index (χ1n) is 9.87. The van der Waals surface area contributed by atoms with E-state index in [1.165, 1.54) is 0 Å². The van der Waals surface area contributed by atoms with Gasteiger partial charge in [-0.1, -0.05) is 81.7 Å². The molecular formula is C24H13Cl6NO3S. The first kappa shape index (κ1) is 26.5. The van der Waals surface area contributed by atoms with Crippen molar-refractivity contribution >= 4 is 98.6 Å². The second-order valence-electron chi connectivity index (χ2n) is 7.35. The number of carbonyl (C=O) groups excluding carboxylic acids is 2. The number of carbonyl (C=O) groups is 2. The summed E-state index contributed by atoms with van der Waals surface area (Å²) in [6.45, 7) is 0.197. The Bertz CT molecular complexity index is 1350. The van der Waals surface area contributed by atoms with Gasteiger partial charge < -0.3 is 4.74 Å². The predicted octanol–water partition coefficient (Wildman–Crippen LogP) is 9.42. The van der Waals surface area contributed by atoms with Gasteiger partial charge in [-0.15, -0.1) is 0 Å². The molecule has 1 aliphatic heterocycles. The van der Waals surface area contributed by atoms with Crippen molar-refractivity contribution < 1.29 is 14.3 Å². The fourth-order valence-corrected chi connectivity index (χ4v) is 5.43. The third kappa shape index (κ3) is 6.23. The highest BCUT2D eigenvalue weighted by atomic mass is 35.5. The highest BCUT2D eigenvalue weighted by Gasteiger charge is 2.35. The molecule has 0 radical (unpaired) electrons. The molecular weight excluding hydrogens is 595 g/mol. The number of benzene rings is 3. The van der Waals surface area contributed by atoms with E-state index in [0.29, 0.717) is 36.8 Å². The van der Waals surface area contributed by atoms with Crippen LogP contribution in [0.4, 0.5) is 4.79 Å². The van der Waals surface area contributed by atoms with Gasteiger partial charge in [0, 0.05) is 15.6 Å². The Labute approximate surface area is 235 Å². The van der Waals surface area contributed by atoms with Gasteiger partial charge in [-0.05, 0) is 65.4 Å². The minimum Gasteiger partial charge on any atom is -0.486 e. The quantitative estimate of drug-likeness (QED) is 0.262. The first-order valence-corrected chi connectivity index (χ1v) is 13.0. The maximum absolute atomic E-state index is 12.9. The van der Waals surface area contributed by atoms with Gasteiger partial charge in [-0.2, -0.15) is 0 Å². The second-order valence-corrected chi connectivity index (χ2v) is 10.8. The van der Waals surface area contributed by atoms with E-state index in [4.69, 9.17) is 74.3 Å². The summed E-state index contributed by atoms with van der Waals surface area (Å²) in [5.41, 5.74) is 1.93. The Hall–Kier alpha value is -1.57. The molecule has 2 amide bonds. The highest BCUT2D eigenvalue weighted by molar-refractivity contribution is 8.18. The van der Waals surface area contributed by atoms with Gasteiger partial charge >= 0.3 is 0 Å². The third-order valence-electron chi connectivity index (χ3n) is 4.90. The van der Waals surface area contributed by atoms with Crippen molar-refractivity contribution in [1.82, 2.24) is 4.90 Å². The summed E-state index contributed by atoms with van der Waals surface area (Å²) in [5.74, 6) is -0.166. The zero-order valence-electron chi connectivity index (χ0n) is 17.5. The number of ether oxygens (including phenoxy) is 1. The fourth-order valence-electron chi connectivity index (χ4n) is 3.20. The number of thioether (sulfide) groups is 1. The lowest BCUT2D eigenvalue weighted by atomic mass is 10.2. The molecule has 0 saturated carbocycles. The monoisotopic (exact) mass is 605 g/mol. The van der Waals surface area contributed by atoms with E-state index >= 15 is 0 Å². The maximum atomic E-state index is 12.9. The van der Waals surface area contributed by atoms with Gasteiger partial charge in [0.25, 0.3) is 11.1 Å². The van der Waals surface area contributed by atoms with E-state index in [0.717, 1.165) is 16.7 Å². The van der Waals surface area contributed by atoms with Crippen LogP contribution < -0.4 is 4.74 Å². The van der Waals surface area contributed by atoms with E-state index in [-0.39, 0.29) is 33.9 Å². The molecule has 0 atom stereocenters. The number of imide groups is 1. The van der Waals surface area contributed by atoms with Crippen LogP contribution in [0.3, 0.4) is 0 Å². The van der Waals surface area contributed by atoms with Gasteiger partial charge in [-0.25, -0.2) is 0 Å². The maximum Gasteiger partial charge on any atom is 0.293 e. The van der Waals surface area contributed by atoms with Crippen LogP contribution in [-0.4, -0.2) is 16.0 Å². The number of nitrogens with zero attached hydrogens (tertiary/aromatic N) is 1. The zero-order valence-corrected chi connectivity index (χ0v) is 22.8. The lowest BCUT2D eigenvalue weighted by molar-refractivity contribution is -0.123. The molecule has 1 aliphatic rings. The largest absolute Gasteiger partial charge is 0.486 e. The van der Waals surface area contributed by atoms with E-state index in [1.807, 2.05) is 0 Å². The summed E-state index contributed by atoms with van der Waals surface area (Å²) in [7, 11) is 0. The molecule has 0 unspecified atom stereocenters. The minimum absolute atomic E-state index is 0.0699. The molecule has 180 valence electrons. The lowest BCUT2D eigenvalue weighted by Crippen LogP contribution is -2.27. The number of rotatable bonds is 6. The Morgan fingerprint density at radius 1 is 0.800 bits per heavy atom. The van der Waals surface area contributed by atoms with Crippen molar-refractivity contribution in [2.75, 3.05) is 0 Å². The van der Waals surface area contributed by atoms with Crippen LogP contribution in [0.15, 0.2) is 53.4 Å². The van der Waals surface area contributed by atoms with Crippen LogP contribution in [0.5, 0.6) is 5.75 Å². The molecule has 1 fully saturated rings. The van der Waals surface area contributed by atoms with Crippen LogP contribution in [0.25, 0.3) is 6.08 Å². The summed E-state index contributed by atoms with van der Waals surface area (Å²) in [6.07, 6.45) is 1.55. The topological polar surface area (TPSA) is 46.6 Å². The summed E-state index contributed by atoms with van der Waals surface area (Å²) >= 11 is 37.7. The third-order valence-corrected chi connectivity index (χ3v) is 7.70. The normalized spacial score (nSPS) is 14.8.